The maximum absolute atomic E-state index is 13.3. The van der Waals surface area contributed by atoms with Gasteiger partial charge in [-0.25, -0.2) is 4.39 Å². The SMILES string of the molecule is Nc1ccc(F)c(C(=O)c2ccco2)c1. The van der Waals surface area contributed by atoms with Crippen LogP contribution in [0.1, 0.15) is 16.1 Å². The second-order valence-corrected chi connectivity index (χ2v) is 3.05. The summed E-state index contributed by atoms with van der Waals surface area (Å²) in [6, 6.07) is 6.89. The summed E-state index contributed by atoms with van der Waals surface area (Å²) < 4.78 is 18.2. The Morgan fingerprint density at radius 2 is 2.13 bits per heavy atom. The Bertz CT molecular complexity index is 491. The van der Waals surface area contributed by atoms with Crippen LogP contribution in [-0.4, -0.2) is 5.78 Å². The minimum atomic E-state index is -0.606. The molecule has 0 radical (unpaired) electrons. The second-order valence-electron chi connectivity index (χ2n) is 3.05. The molecule has 1 aromatic carbocycles. The summed E-state index contributed by atoms with van der Waals surface area (Å²) in [5.41, 5.74) is 5.73. The Hall–Kier alpha value is -2.10. The number of carbonyl (C=O) groups is 1. The zero-order valence-corrected chi connectivity index (χ0v) is 7.74. The molecule has 1 aromatic heterocycles. The molecular formula is C11H8FNO2. The van der Waals surface area contributed by atoms with E-state index in [2.05, 4.69) is 0 Å². The molecule has 4 heteroatoms. The molecule has 76 valence electrons. The lowest BCUT2D eigenvalue weighted by Gasteiger charge is -2.01. The summed E-state index contributed by atoms with van der Waals surface area (Å²) in [6.45, 7) is 0. The van der Waals surface area contributed by atoms with Crippen molar-refractivity contribution in [3.63, 3.8) is 0 Å². The first-order chi connectivity index (χ1) is 7.18. The van der Waals surface area contributed by atoms with E-state index >= 15 is 0 Å². The van der Waals surface area contributed by atoms with Crippen LogP contribution in [-0.2, 0) is 0 Å². The maximum atomic E-state index is 13.3. The van der Waals surface area contributed by atoms with Crippen LogP contribution >= 0.6 is 0 Å². The third-order valence-corrected chi connectivity index (χ3v) is 1.98. The van der Waals surface area contributed by atoms with Gasteiger partial charge in [0.1, 0.15) is 5.82 Å². The van der Waals surface area contributed by atoms with Crippen molar-refractivity contribution in [2.75, 3.05) is 5.73 Å². The predicted molar refractivity (Wildman–Crippen MR) is 53.0 cm³/mol. The highest BCUT2D eigenvalue weighted by molar-refractivity contribution is 6.07. The molecule has 1 heterocycles. The normalized spacial score (nSPS) is 10.2. The van der Waals surface area contributed by atoms with Crippen LogP contribution in [0.25, 0.3) is 0 Å². The molecule has 0 bridgehead atoms. The Kier molecular flexibility index (Phi) is 2.25. The van der Waals surface area contributed by atoms with Gasteiger partial charge in [-0.15, -0.1) is 0 Å². The molecule has 0 saturated carbocycles. The fraction of sp³-hybridized carbons (Fsp3) is 0. The lowest BCUT2D eigenvalue weighted by molar-refractivity contribution is 0.101. The van der Waals surface area contributed by atoms with E-state index in [-0.39, 0.29) is 11.3 Å². The van der Waals surface area contributed by atoms with Gasteiger partial charge >= 0.3 is 0 Å². The Morgan fingerprint density at radius 3 is 2.80 bits per heavy atom. The summed E-state index contributed by atoms with van der Waals surface area (Å²) in [6.07, 6.45) is 1.36. The monoisotopic (exact) mass is 205 g/mol. The number of furan rings is 1. The van der Waals surface area contributed by atoms with Crippen molar-refractivity contribution in [1.29, 1.82) is 0 Å². The fourth-order valence-electron chi connectivity index (χ4n) is 1.26. The Balaban J connectivity index is 2.46. The van der Waals surface area contributed by atoms with Gasteiger partial charge in [-0.3, -0.25) is 4.79 Å². The first-order valence-corrected chi connectivity index (χ1v) is 4.31. The van der Waals surface area contributed by atoms with E-state index < -0.39 is 11.6 Å². The smallest absolute Gasteiger partial charge is 0.231 e. The third kappa shape index (κ3) is 1.74. The molecule has 15 heavy (non-hydrogen) atoms. The van der Waals surface area contributed by atoms with Crippen molar-refractivity contribution in [3.8, 4) is 0 Å². The van der Waals surface area contributed by atoms with E-state index in [0.717, 1.165) is 6.07 Å². The van der Waals surface area contributed by atoms with E-state index in [1.54, 1.807) is 6.07 Å². The first kappa shape index (κ1) is 9.45. The molecular weight excluding hydrogens is 197 g/mol. The van der Waals surface area contributed by atoms with E-state index in [4.69, 9.17) is 10.2 Å². The van der Waals surface area contributed by atoms with E-state index in [1.165, 1.54) is 24.5 Å². The first-order valence-electron chi connectivity index (χ1n) is 4.31. The highest BCUT2D eigenvalue weighted by Crippen LogP contribution is 2.16. The lowest BCUT2D eigenvalue weighted by Crippen LogP contribution is -2.04. The van der Waals surface area contributed by atoms with Gasteiger partial charge < -0.3 is 10.2 Å². The van der Waals surface area contributed by atoms with Gasteiger partial charge in [0.15, 0.2) is 5.76 Å². The summed E-state index contributed by atoms with van der Waals surface area (Å²) >= 11 is 0. The van der Waals surface area contributed by atoms with Crippen LogP contribution in [0.3, 0.4) is 0 Å². The molecule has 0 unspecified atom stereocenters. The van der Waals surface area contributed by atoms with Crippen LogP contribution in [0.15, 0.2) is 41.0 Å². The minimum Gasteiger partial charge on any atom is -0.461 e. The molecule has 0 fully saturated rings. The van der Waals surface area contributed by atoms with Gasteiger partial charge in [-0.2, -0.15) is 0 Å². The molecule has 0 saturated heterocycles. The van der Waals surface area contributed by atoms with Crippen molar-refractivity contribution in [3.05, 3.63) is 53.7 Å². The molecule has 2 aromatic rings. The molecule has 0 atom stereocenters. The number of rotatable bonds is 2. The number of hydrogen-bond acceptors (Lipinski definition) is 3. The van der Waals surface area contributed by atoms with Crippen LogP contribution in [0.4, 0.5) is 10.1 Å². The molecule has 2 rings (SSSR count). The van der Waals surface area contributed by atoms with Crippen molar-refractivity contribution in [2.45, 2.75) is 0 Å². The van der Waals surface area contributed by atoms with E-state index in [1.807, 2.05) is 0 Å². The second kappa shape index (κ2) is 3.57. The molecule has 0 aliphatic carbocycles. The van der Waals surface area contributed by atoms with E-state index in [9.17, 15) is 9.18 Å². The number of halogens is 1. The minimum absolute atomic E-state index is 0.0787. The standard InChI is InChI=1S/C11H8FNO2/c12-9-4-3-7(13)6-8(9)11(14)10-2-1-5-15-10/h1-6H,13H2. The van der Waals surface area contributed by atoms with Crippen molar-refractivity contribution < 1.29 is 13.6 Å². The number of benzene rings is 1. The number of nitrogens with two attached hydrogens (primary N) is 1. The van der Waals surface area contributed by atoms with Crippen molar-refractivity contribution in [2.24, 2.45) is 0 Å². The number of nitrogen functional groups attached to an aromatic ring is 1. The number of carbonyl (C=O) groups excluding carboxylic acids is 1. The zero-order chi connectivity index (χ0) is 10.8. The summed E-state index contributed by atoms with van der Waals surface area (Å²) in [5.74, 6) is -1.02. The molecule has 0 aliphatic heterocycles. The van der Waals surface area contributed by atoms with Crippen LogP contribution < -0.4 is 5.73 Å². The largest absolute Gasteiger partial charge is 0.461 e. The molecule has 0 aliphatic rings. The van der Waals surface area contributed by atoms with Crippen LogP contribution in [0.2, 0.25) is 0 Å². The number of ketones is 1. The van der Waals surface area contributed by atoms with Gasteiger partial charge in [0, 0.05) is 5.69 Å². The van der Waals surface area contributed by atoms with Gasteiger partial charge in [-0.1, -0.05) is 0 Å². The number of hydrogen-bond donors (Lipinski definition) is 1. The van der Waals surface area contributed by atoms with Crippen molar-refractivity contribution in [1.82, 2.24) is 0 Å². The average molecular weight is 205 g/mol. The van der Waals surface area contributed by atoms with Crippen molar-refractivity contribution >= 4 is 11.5 Å². The fourth-order valence-corrected chi connectivity index (χ4v) is 1.26. The highest BCUT2D eigenvalue weighted by Gasteiger charge is 2.16. The lowest BCUT2D eigenvalue weighted by atomic mass is 10.1. The molecule has 2 N–H and O–H groups in total. The Labute approximate surface area is 85.3 Å². The van der Waals surface area contributed by atoms with Gasteiger partial charge in [0.2, 0.25) is 5.78 Å². The Morgan fingerprint density at radius 1 is 1.33 bits per heavy atom. The molecule has 0 spiro atoms. The zero-order valence-electron chi connectivity index (χ0n) is 7.74. The predicted octanol–water partition coefficient (Wildman–Crippen LogP) is 2.23. The topological polar surface area (TPSA) is 56.2 Å². The molecule has 0 amide bonds. The van der Waals surface area contributed by atoms with Crippen LogP contribution in [0, 0.1) is 5.82 Å². The van der Waals surface area contributed by atoms with Gasteiger partial charge in [0.25, 0.3) is 0 Å². The highest BCUT2D eigenvalue weighted by atomic mass is 19.1. The molecule has 3 nitrogen and oxygen atoms in total. The summed E-state index contributed by atoms with van der Waals surface area (Å²) in [7, 11) is 0. The van der Waals surface area contributed by atoms with Crippen LogP contribution in [0.5, 0.6) is 0 Å². The maximum Gasteiger partial charge on any atom is 0.231 e. The number of anilines is 1. The quantitative estimate of drug-likeness (QED) is 0.604. The summed E-state index contributed by atoms with van der Waals surface area (Å²) in [5, 5.41) is 0. The summed E-state index contributed by atoms with van der Waals surface area (Å²) in [4.78, 5) is 11.7. The van der Waals surface area contributed by atoms with E-state index in [0.29, 0.717) is 5.69 Å². The average Bonchev–Trinajstić information content (AvgIpc) is 2.74. The van der Waals surface area contributed by atoms with Gasteiger partial charge in [0.05, 0.1) is 11.8 Å². The third-order valence-electron chi connectivity index (χ3n) is 1.98. The van der Waals surface area contributed by atoms with Gasteiger partial charge in [-0.05, 0) is 30.3 Å².